The summed E-state index contributed by atoms with van der Waals surface area (Å²) < 4.78 is 7.94. The zero-order valence-corrected chi connectivity index (χ0v) is 11.9. The van der Waals surface area contributed by atoms with E-state index in [9.17, 15) is 0 Å². The highest BCUT2D eigenvalue weighted by molar-refractivity contribution is 9.10. The number of benzene rings is 1. The van der Waals surface area contributed by atoms with Crippen LogP contribution in [0.5, 0.6) is 0 Å². The zero-order chi connectivity index (χ0) is 11.7. The minimum atomic E-state index is 0.867. The third kappa shape index (κ3) is 2.40. The topological polar surface area (TPSA) is 12.5 Å². The molecule has 2 nitrogen and oxygen atoms in total. The van der Waals surface area contributed by atoms with Crippen molar-refractivity contribution in [1.82, 2.24) is 4.90 Å². The normalized spacial score (nSPS) is 17.7. The lowest BCUT2D eigenvalue weighted by molar-refractivity contribution is 0.0344. The van der Waals surface area contributed by atoms with Crippen molar-refractivity contribution in [3.05, 3.63) is 33.6 Å². The Bertz CT molecular complexity index is 519. The van der Waals surface area contributed by atoms with Crippen LogP contribution in [0.2, 0.25) is 0 Å². The monoisotopic (exact) mass is 311 g/mol. The van der Waals surface area contributed by atoms with Gasteiger partial charge in [0, 0.05) is 28.8 Å². The number of ether oxygens (including phenoxy) is 1. The van der Waals surface area contributed by atoms with Crippen LogP contribution in [0.1, 0.15) is 5.56 Å². The fraction of sp³-hybridized carbons (Fsp3) is 0.385. The van der Waals surface area contributed by atoms with Gasteiger partial charge in [0.15, 0.2) is 0 Å². The van der Waals surface area contributed by atoms with Crippen molar-refractivity contribution in [3.63, 3.8) is 0 Å². The Balaban J connectivity index is 1.87. The Kier molecular flexibility index (Phi) is 3.47. The number of rotatable bonds is 2. The third-order valence-corrected chi connectivity index (χ3v) is 5.13. The van der Waals surface area contributed by atoms with Crippen LogP contribution < -0.4 is 0 Å². The Hall–Kier alpha value is -0.420. The molecule has 0 N–H and O–H groups in total. The summed E-state index contributed by atoms with van der Waals surface area (Å²) in [7, 11) is 0. The van der Waals surface area contributed by atoms with Crippen molar-refractivity contribution in [2.45, 2.75) is 6.54 Å². The molecule has 4 heteroatoms. The molecule has 90 valence electrons. The molecular formula is C13H14BrNOS. The number of halogens is 1. The molecule has 2 heterocycles. The standard InChI is InChI=1S/C13H14BrNOS/c14-12-3-1-2-11-10(9-17-13(11)12)8-15-4-6-16-7-5-15/h1-3,9H,4-8H2. The third-order valence-electron chi connectivity index (χ3n) is 3.13. The minimum absolute atomic E-state index is 0.867. The predicted molar refractivity (Wildman–Crippen MR) is 75.6 cm³/mol. The molecule has 1 fully saturated rings. The van der Waals surface area contributed by atoms with Gasteiger partial charge in [0.05, 0.1) is 13.2 Å². The van der Waals surface area contributed by atoms with Crippen LogP contribution in [0.15, 0.2) is 28.1 Å². The molecule has 0 atom stereocenters. The number of morpholine rings is 1. The maximum absolute atomic E-state index is 5.38. The SMILES string of the molecule is Brc1cccc2c(CN3CCOCC3)csc12. The van der Waals surface area contributed by atoms with Crippen molar-refractivity contribution in [1.29, 1.82) is 0 Å². The molecule has 0 amide bonds. The molecule has 0 radical (unpaired) electrons. The molecule has 0 aliphatic carbocycles. The molecule has 3 rings (SSSR count). The fourth-order valence-electron chi connectivity index (χ4n) is 2.20. The molecule has 17 heavy (non-hydrogen) atoms. The van der Waals surface area contributed by atoms with Crippen LogP contribution in [0.3, 0.4) is 0 Å². The van der Waals surface area contributed by atoms with Crippen molar-refractivity contribution in [2.24, 2.45) is 0 Å². The molecule has 1 aromatic heterocycles. The van der Waals surface area contributed by atoms with Gasteiger partial charge in [-0.3, -0.25) is 4.90 Å². The largest absolute Gasteiger partial charge is 0.379 e. The van der Waals surface area contributed by atoms with Crippen LogP contribution in [-0.2, 0) is 11.3 Å². The smallest absolute Gasteiger partial charge is 0.0594 e. The van der Waals surface area contributed by atoms with Gasteiger partial charge in [0.1, 0.15) is 0 Å². The summed E-state index contributed by atoms with van der Waals surface area (Å²) in [5, 5.41) is 3.67. The molecule has 0 saturated carbocycles. The lowest BCUT2D eigenvalue weighted by Crippen LogP contribution is -2.35. The first-order valence-corrected chi connectivity index (χ1v) is 7.46. The van der Waals surface area contributed by atoms with E-state index in [4.69, 9.17) is 4.74 Å². The first-order valence-electron chi connectivity index (χ1n) is 5.79. The van der Waals surface area contributed by atoms with E-state index in [0.717, 1.165) is 32.8 Å². The van der Waals surface area contributed by atoms with Gasteiger partial charge in [0.25, 0.3) is 0 Å². The van der Waals surface area contributed by atoms with Gasteiger partial charge >= 0.3 is 0 Å². The van der Waals surface area contributed by atoms with Crippen LogP contribution >= 0.6 is 27.3 Å². The summed E-state index contributed by atoms with van der Waals surface area (Å²) in [6.07, 6.45) is 0. The van der Waals surface area contributed by atoms with E-state index in [0.29, 0.717) is 0 Å². The van der Waals surface area contributed by atoms with Gasteiger partial charge in [-0.25, -0.2) is 0 Å². The molecular weight excluding hydrogens is 298 g/mol. The summed E-state index contributed by atoms with van der Waals surface area (Å²) in [6.45, 7) is 4.87. The summed E-state index contributed by atoms with van der Waals surface area (Å²) in [5.74, 6) is 0. The maximum Gasteiger partial charge on any atom is 0.0594 e. The second kappa shape index (κ2) is 5.06. The van der Waals surface area contributed by atoms with Crippen LogP contribution in [0.4, 0.5) is 0 Å². The van der Waals surface area contributed by atoms with E-state index in [1.54, 1.807) is 0 Å². The number of nitrogens with zero attached hydrogens (tertiary/aromatic N) is 1. The summed E-state index contributed by atoms with van der Waals surface area (Å²) in [5.41, 5.74) is 1.44. The summed E-state index contributed by atoms with van der Waals surface area (Å²) >= 11 is 5.44. The van der Waals surface area contributed by atoms with E-state index >= 15 is 0 Å². The van der Waals surface area contributed by atoms with E-state index in [1.807, 2.05) is 11.3 Å². The lowest BCUT2D eigenvalue weighted by atomic mass is 10.1. The predicted octanol–water partition coefficient (Wildman–Crippen LogP) is 3.50. The minimum Gasteiger partial charge on any atom is -0.379 e. The van der Waals surface area contributed by atoms with Gasteiger partial charge in [-0.15, -0.1) is 11.3 Å². The Morgan fingerprint density at radius 2 is 2.12 bits per heavy atom. The second-order valence-corrected chi connectivity index (χ2v) is 6.00. The van der Waals surface area contributed by atoms with Crippen LogP contribution in [0, 0.1) is 0 Å². The number of hydrogen-bond acceptors (Lipinski definition) is 3. The maximum atomic E-state index is 5.38. The Labute approximate surface area is 113 Å². The van der Waals surface area contributed by atoms with Crippen molar-refractivity contribution < 1.29 is 4.74 Å². The van der Waals surface area contributed by atoms with Crippen molar-refractivity contribution in [2.75, 3.05) is 26.3 Å². The molecule has 0 bridgehead atoms. The van der Waals surface area contributed by atoms with Gasteiger partial charge in [0.2, 0.25) is 0 Å². The van der Waals surface area contributed by atoms with Gasteiger partial charge < -0.3 is 4.74 Å². The van der Waals surface area contributed by atoms with Gasteiger partial charge in [-0.2, -0.15) is 0 Å². The lowest BCUT2D eigenvalue weighted by Gasteiger charge is -2.26. The molecule has 0 spiro atoms. The Morgan fingerprint density at radius 3 is 2.94 bits per heavy atom. The number of hydrogen-bond donors (Lipinski definition) is 0. The molecule has 1 saturated heterocycles. The average Bonchev–Trinajstić information content (AvgIpc) is 2.76. The molecule has 2 aromatic rings. The van der Waals surface area contributed by atoms with E-state index < -0.39 is 0 Å². The summed E-state index contributed by atoms with van der Waals surface area (Å²) in [6, 6.07) is 6.44. The molecule has 0 unspecified atom stereocenters. The van der Waals surface area contributed by atoms with Gasteiger partial charge in [-0.05, 0) is 38.3 Å². The zero-order valence-electron chi connectivity index (χ0n) is 9.49. The molecule has 1 aliphatic rings. The van der Waals surface area contributed by atoms with E-state index in [2.05, 4.69) is 44.4 Å². The Morgan fingerprint density at radius 1 is 1.29 bits per heavy atom. The van der Waals surface area contributed by atoms with Gasteiger partial charge in [-0.1, -0.05) is 12.1 Å². The molecule has 1 aliphatic heterocycles. The first kappa shape index (κ1) is 11.7. The highest BCUT2D eigenvalue weighted by Gasteiger charge is 2.13. The van der Waals surface area contributed by atoms with Crippen LogP contribution in [-0.4, -0.2) is 31.2 Å². The first-order chi connectivity index (χ1) is 8.34. The van der Waals surface area contributed by atoms with Crippen LogP contribution in [0.25, 0.3) is 10.1 Å². The fourth-order valence-corrected chi connectivity index (χ4v) is 3.81. The van der Waals surface area contributed by atoms with E-state index in [-0.39, 0.29) is 0 Å². The van der Waals surface area contributed by atoms with Crippen molar-refractivity contribution in [3.8, 4) is 0 Å². The van der Waals surface area contributed by atoms with E-state index in [1.165, 1.54) is 20.1 Å². The highest BCUT2D eigenvalue weighted by atomic mass is 79.9. The quantitative estimate of drug-likeness (QED) is 0.841. The second-order valence-electron chi connectivity index (χ2n) is 4.27. The number of fused-ring (bicyclic) bond motifs is 1. The average molecular weight is 312 g/mol. The molecule has 1 aromatic carbocycles. The number of thiophene rings is 1. The highest BCUT2D eigenvalue weighted by Crippen LogP contribution is 2.32. The van der Waals surface area contributed by atoms with Crippen molar-refractivity contribution >= 4 is 37.4 Å². The summed E-state index contributed by atoms with van der Waals surface area (Å²) in [4.78, 5) is 2.46.